The van der Waals surface area contributed by atoms with Gasteiger partial charge in [0.25, 0.3) is 0 Å². The predicted octanol–water partition coefficient (Wildman–Crippen LogP) is 3.83. The molecule has 1 N–H and O–H groups in total. The zero-order chi connectivity index (χ0) is 19.9. The summed E-state index contributed by atoms with van der Waals surface area (Å²) >= 11 is 6.16. The van der Waals surface area contributed by atoms with Crippen molar-refractivity contribution in [3.63, 3.8) is 0 Å². The van der Waals surface area contributed by atoms with E-state index in [1.807, 2.05) is 30.3 Å². The van der Waals surface area contributed by atoms with Crippen molar-refractivity contribution in [1.29, 1.82) is 0 Å². The summed E-state index contributed by atoms with van der Waals surface area (Å²) in [6.45, 7) is 2.70. The number of aromatic nitrogens is 3. The van der Waals surface area contributed by atoms with Gasteiger partial charge in [-0.15, -0.1) is 0 Å². The summed E-state index contributed by atoms with van der Waals surface area (Å²) in [5, 5.41) is 13.0. The second-order valence-electron chi connectivity index (χ2n) is 6.93. The molecule has 0 spiro atoms. The number of halogens is 2. The van der Waals surface area contributed by atoms with Gasteiger partial charge < -0.3 is 10.2 Å². The molecule has 28 heavy (non-hydrogen) atoms. The summed E-state index contributed by atoms with van der Waals surface area (Å²) in [7, 11) is 4.12. The van der Waals surface area contributed by atoms with Crippen LogP contribution in [0.4, 0.5) is 4.39 Å². The summed E-state index contributed by atoms with van der Waals surface area (Å²) in [4.78, 5) is 3.68. The van der Waals surface area contributed by atoms with Gasteiger partial charge in [-0.1, -0.05) is 48.0 Å². The second kappa shape index (κ2) is 9.78. The number of hydrogen-bond acceptors (Lipinski definition) is 4. The fraction of sp³-hybridized carbons (Fsp3) is 0.333. The Hall–Kier alpha value is -2.28. The van der Waals surface area contributed by atoms with E-state index in [4.69, 9.17) is 11.6 Å². The molecule has 0 saturated carbocycles. The molecule has 0 aliphatic rings. The smallest absolute Gasteiger partial charge is 0.129 e. The summed E-state index contributed by atoms with van der Waals surface area (Å²) in [6.07, 6.45) is 1.05. The van der Waals surface area contributed by atoms with Gasteiger partial charge in [0.2, 0.25) is 0 Å². The molecular formula is C21H25ClFN5. The lowest BCUT2D eigenvalue weighted by atomic mass is 10.1. The van der Waals surface area contributed by atoms with Gasteiger partial charge in [-0.2, -0.15) is 15.0 Å². The normalized spacial score (nSPS) is 11.3. The lowest BCUT2D eigenvalue weighted by Gasteiger charge is -2.09. The van der Waals surface area contributed by atoms with Crippen molar-refractivity contribution in [2.24, 2.45) is 0 Å². The third kappa shape index (κ3) is 5.38. The lowest BCUT2D eigenvalue weighted by Crippen LogP contribution is -2.21. The van der Waals surface area contributed by atoms with Gasteiger partial charge in [0, 0.05) is 22.7 Å². The van der Waals surface area contributed by atoms with E-state index in [0.29, 0.717) is 17.1 Å². The summed E-state index contributed by atoms with van der Waals surface area (Å²) < 4.78 is 14.1. The van der Waals surface area contributed by atoms with Crippen LogP contribution in [0.25, 0.3) is 11.3 Å². The molecule has 3 rings (SSSR count). The Bertz CT molecular complexity index is 875. The average molecular weight is 402 g/mol. The molecule has 0 unspecified atom stereocenters. The van der Waals surface area contributed by atoms with Gasteiger partial charge in [0.15, 0.2) is 0 Å². The van der Waals surface area contributed by atoms with Crippen molar-refractivity contribution >= 4 is 11.6 Å². The van der Waals surface area contributed by atoms with Crippen molar-refractivity contribution in [3.8, 4) is 11.3 Å². The Balaban J connectivity index is 1.79. The molecule has 0 atom stereocenters. The first-order valence-electron chi connectivity index (χ1n) is 9.32. The molecular weight excluding hydrogens is 377 g/mol. The van der Waals surface area contributed by atoms with Crippen LogP contribution in [0.2, 0.25) is 5.02 Å². The fourth-order valence-electron chi connectivity index (χ4n) is 2.94. The quantitative estimate of drug-likeness (QED) is 0.553. The molecule has 0 amide bonds. The first-order valence-corrected chi connectivity index (χ1v) is 9.70. The van der Waals surface area contributed by atoms with E-state index in [-0.39, 0.29) is 12.4 Å². The number of nitrogens with zero attached hydrogens (tertiary/aromatic N) is 4. The highest BCUT2D eigenvalue weighted by atomic mass is 35.5. The molecule has 5 nitrogen and oxygen atoms in total. The van der Waals surface area contributed by atoms with E-state index in [9.17, 15) is 4.39 Å². The Morgan fingerprint density at radius 1 is 1.07 bits per heavy atom. The maximum atomic E-state index is 14.1. The first-order chi connectivity index (χ1) is 13.5. The van der Waals surface area contributed by atoms with Gasteiger partial charge in [0.05, 0.1) is 6.54 Å². The Morgan fingerprint density at radius 3 is 2.57 bits per heavy atom. The molecule has 2 aromatic carbocycles. The minimum absolute atomic E-state index is 0.186. The van der Waals surface area contributed by atoms with Crippen LogP contribution in [0.5, 0.6) is 0 Å². The maximum absolute atomic E-state index is 14.1. The van der Waals surface area contributed by atoms with Gasteiger partial charge in [-0.3, -0.25) is 0 Å². The SMILES string of the molecule is CN(C)CCCNCc1nn(Cc2c(F)cccc2Cl)nc1-c1ccccc1. The van der Waals surface area contributed by atoms with Crippen LogP contribution in [0, 0.1) is 5.82 Å². The molecule has 3 aromatic rings. The molecule has 0 aliphatic heterocycles. The van der Waals surface area contributed by atoms with Crippen LogP contribution in [0.3, 0.4) is 0 Å². The minimum Gasteiger partial charge on any atom is -0.311 e. The molecule has 148 valence electrons. The standard InChI is InChI=1S/C21H25ClFN5/c1-27(2)13-7-12-24-14-20-21(16-8-4-3-5-9-16)26-28(25-20)15-17-18(22)10-6-11-19(17)23/h3-6,8-11,24H,7,12-15H2,1-2H3. The Kier molecular flexibility index (Phi) is 7.14. The van der Waals surface area contributed by atoms with Gasteiger partial charge >= 0.3 is 0 Å². The van der Waals surface area contributed by atoms with Crippen molar-refractivity contribution in [3.05, 3.63) is 70.6 Å². The van der Waals surface area contributed by atoms with E-state index < -0.39 is 0 Å². The lowest BCUT2D eigenvalue weighted by molar-refractivity contribution is 0.394. The van der Waals surface area contributed by atoms with Crippen LogP contribution < -0.4 is 5.32 Å². The van der Waals surface area contributed by atoms with Crippen molar-refractivity contribution in [2.45, 2.75) is 19.5 Å². The minimum atomic E-state index is -0.352. The highest BCUT2D eigenvalue weighted by Gasteiger charge is 2.15. The Labute approximate surface area is 170 Å². The topological polar surface area (TPSA) is 46.0 Å². The summed E-state index contributed by atoms with van der Waals surface area (Å²) in [5.74, 6) is -0.352. The number of benzene rings is 2. The highest BCUT2D eigenvalue weighted by Crippen LogP contribution is 2.23. The molecule has 0 bridgehead atoms. The van der Waals surface area contributed by atoms with Crippen LogP contribution in [0.15, 0.2) is 48.5 Å². The fourth-order valence-corrected chi connectivity index (χ4v) is 3.17. The monoisotopic (exact) mass is 401 g/mol. The molecule has 0 aliphatic carbocycles. The molecule has 1 heterocycles. The third-order valence-electron chi connectivity index (χ3n) is 4.38. The molecule has 7 heteroatoms. The van der Waals surface area contributed by atoms with E-state index >= 15 is 0 Å². The zero-order valence-electron chi connectivity index (χ0n) is 16.2. The zero-order valence-corrected chi connectivity index (χ0v) is 17.0. The number of nitrogens with one attached hydrogen (secondary N) is 1. The van der Waals surface area contributed by atoms with E-state index in [1.165, 1.54) is 10.9 Å². The second-order valence-corrected chi connectivity index (χ2v) is 7.33. The van der Waals surface area contributed by atoms with Gasteiger partial charge in [-0.05, 0) is 45.7 Å². The molecule has 0 saturated heterocycles. The molecule has 0 fully saturated rings. The van der Waals surface area contributed by atoms with Crippen molar-refractivity contribution in [2.75, 3.05) is 27.2 Å². The summed E-state index contributed by atoms with van der Waals surface area (Å²) in [5.41, 5.74) is 3.01. The predicted molar refractivity (Wildman–Crippen MR) is 111 cm³/mol. The van der Waals surface area contributed by atoms with Crippen molar-refractivity contribution in [1.82, 2.24) is 25.2 Å². The van der Waals surface area contributed by atoms with E-state index in [1.54, 1.807) is 12.1 Å². The number of hydrogen-bond donors (Lipinski definition) is 1. The van der Waals surface area contributed by atoms with E-state index in [2.05, 4.69) is 34.5 Å². The third-order valence-corrected chi connectivity index (χ3v) is 4.74. The van der Waals surface area contributed by atoms with Crippen LogP contribution in [0.1, 0.15) is 17.7 Å². The van der Waals surface area contributed by atoms with Crippen molar-refractivity contribution < 1.29 is 4.39 Å². The van der Waals surface area contributed by atoms with E-state index in [0.717, 1.165) is 36.5 Å². The summed E-state index contributed by atoms with van der Waals surface area (Å²) in [6, 6.07) is 14.6. The van der Waals surface area contributed by atoms with Crippen LogP contribution in [-0.4, -0.2) is 47.1 Å². The molecule has 1 aromatic heterocycles. The van der Waals surface area contributed by atoms with Gasteiger partial charge in [-0.25, -0.2) is 4.39 Å². The molecule has 0 radical (unpaired) electrons. The maximum Gasteiger partial charge on any atom is 0.129 e. The Morgan fingerprint density at radius 2 is 1.86 bits per heavy atom. The number of rotatable bonds is 9. The van der Waals surface area contributed by atoms with Crippen LogP contribution >= 0.6 is 11.6 Å². The largest absolute Gasteiger partial charge is 0.311 e. The highest BCUT2D eigenvalue weighted by molar-refractivity contribution is 6.31. The average Bonchev–Trinajstić information content (AvgIpc) is 3.08. The van der Waals surface area contributed by atoms with Crippen LogP contribution in [-0.2, 0) is 13.1 Å². The van der Waals surface area contributed by atoms with Gasteiger partial charge in [0.1, 0.15) is 17.2 Å². The first kappa shape index (κ1) is 20.5.